The van der Waals surface area contributed by atoms with E-state index >= 15 is 0 Å². The van der Waals surface area contributed by atoms with Crippen molar-refractivity contribution in [3.8, 4) is 0 Å². The summed E-state index contributed by atoms with van der Waals surface area (Å²) < 4.78 is 26.8. The van der Waals surface area contributed by atoms with Crippen molar-refractivity contribution in [2.24, 2.45) is 0 Å². The fourth-order valence-corrected chi connectivity index (χ4v) is 4.24. The van der Waals surface area contributed by atoms with Crippen LogP contribution in [0.1, 0.15) is 5.56 Å². The first-order valence-corrected chi connectivity index (χ1v) is 10.4. The lowest BCUT2D eigenvalue weighted by Gasteiger charge is -2.34. The molecule has 0 saturated carbocycles. The zero-order valence-electron chi connectivity index (χ0n) is 15.5. The summed E-state index contributed by atoms with van der Waals surface area (Å²) >= 11 is 0. The maximum atomic E-state index is 12.1. The van der Waals surface area contributed by atoms with Gasteiger partial charge in [-0.15, -0.1) is 0 Å². The van der Waals surface area contributed by atoms with Gasteiger partial charge in [0.25, 0.3) is 5.91 Å². The SMILES string of the molecule is CO[Si](CCOCON1C(=O)COC[C@@H]1Cc1ccccc1)(OC)OC. The molecule has 2 rings (SSSR count). The number of morpholine rings is 1. The standard InChI is InChI=1S/C17H27NO7Si/c1-20-26(21-2,22-3)10-9-23-14-25-18-16(12-24-13-17(18)19)11-15-7-5-4-6-8-15/h4-8,16H,9-14H2,1-3H3/t16-/m0/s1. The number of nitrogens with zero attached hydrogens (tertiary/aromatic N) is 1. The van der Waals surface area contributed by atoms with E-state index in [1.165, 1.54) is 5.06 Å². The Morgan fingerprint density at radius 1 is 1.15 bits per heavy atom. The van der Waals surface area contributed by atoms with Crippen LogP contribution in [0.4, 0.5) is 0 Å². The lowest BCUT2D eigenvalue weighted by Crippen LogP contribution is -2.50. The third-order valence-corrected chi connectivity index (χ3v) is 6.87. The van der Waals surface area contributed by atoms with Crippen LogP contribution in [-0.4, -0.2) is 73.8 Å². The van der Waals surface area contributed by atoms with E-state index < -0.39 is 8.80 Å². The molecule has 26 heavy (non-hydrogen) atoms. The first kappa shape index (κ1) is 21.0. The fraction of sp³-hybridized carbons (Fsp3) is 0.588. The predicted molar refractivity (Wildman–Crippen MR) is 95.1 cm³/mol. The molecule has 0 bridgehead atoms. The number of benzene rings is 1. The van der Waals surface area contributed by atoms with E-state index in [1.54, 1.807) is 21.3 Å². The number of hydrogen-bond donors (Lipinski definition) is 0. The molecule has 1 fully saturated rings. The average molecular weight is 385 g/mol. The number of hydroxylamine groups is 2. The van der Waals surface area contributed by atoms with Crippen molar-refractivity contribution in [3.63, 3.8) is 0 Å². The van der Waals surface area contributed by atoms with Gasteiger partial charge >= 0.3 is 8.80 Å². The van der Waals surface area contributed by atoms with Gasteiger partial charge in [-0.1, -0.05) is 30.3 Å². The third-order valence-electron chi connectivity index (χ3n) is 4.19. The number of hydrogen-bond acceptors (Lipinski definition) is 7. The molecule has 1 atom stereocenters. The van der Waals surface area contributed by atoms with Gasteiger partial charge < -0.3 is 22.8 Å². The lowest BCUT2D eigenvalue weighted by molar-refractivity contribution is -0.255. The molecule has 1 heterocycles. The molecule has 0 spiro atoms. The molecule has 9 heteroatoms. The number of amides is 1. The molecule has 0 aliphatic carbocycles. The van der Waals surface area contributed by atoms with Gasteiger partial charge in [-0.3, -0.25) is 4.79 Å². The maximum absolute atomic E-state index is 12.1. The average Bonchev–Trinajstić information content (AvgIpc) is 2.68. The Morgan fingerprint density at radius 3 is 2.50 bits per heavy atom. The summed E-state index contributed by atoms with van der Waals surface area (Å²) in [4.78, 5) is 17.7. The van der Waals surface area contributed by atoms with Crippen molar-refractivity contribution < 1.29 is 32.4 Å². The van der Waals surface area contributed by atoms with Crippen LogP contribution in [0.5, 0.6) is 0 Å². The van der Waals surface area contributed by atoms with E-state index in [1.807, 2.05) is 30.3 Å². The second kappa shape index (κ2) is 10.7. The molecule has 0 aromatic heterocycles. The molecule has 146 valence electrons. The summed E-state index contributed by atoms with van der Waals surface area (Å²) in [6.45, 7) is 0.730. The van der Waals surface area contributed by atoms with Crippen molar-refractivity contribution in [3.05, 3.63) is 35.9 Å². The predicted octanol–water partition coefficient (Wildman–Crippen LogP) is 1.24. The normalized spacial score (nSPS) is 18.3. The van der Waals surface area contributed by atoms with Crippen molar-refractivity contribution in [2.45, 2.75) is 18.5 Å². The van der Waals surface area contributed by atoms with Crippen LogP contribution in [0.2, 0.25) is 6.04 Å². The van der Waals surface area contributed by atoms with Gasteiger partial charge in [0.1, 0.15) is 6.61 Å². The number of carbonyl (C=O) groups is 1. The fourth-order valence-electron chi connectivity index (χ4n) is 2.73. The van der Waals surface area contributed by atoms with Gasteiger partial charge in [-0.05, 0) is 12.0 Å². The molecule has 1 aliphatic rings. The highest BCUT2D eigenvalue weighted by Crippen LogP contribution is 2.16. The quantitative estimate of drug-likeness (QED) is 0.322. The first-order valence-electron chi connectivity index (χ1n) is 8.44. The third kappa shape index (κ3) is 5.85. The Kier molecular flexibility index (Phi) is 8.65. The van der Waals surface area contributed by atoms with Crippen LogP contribution < -0.4 is 0 Å². The first-order chi connectivity index (χ1) is 12.6. The zero-order chi connectivity index (χ0) is 18.8. The molecule has 0 N–H and O–H groups in total. The monoisotopic (exact) mass is 385 g/mol. The van der Waals surface area contributed by atoms with Gasteiger partial charge in [-0.2, -0.15) is 0 Å². The Hall–Kier alpha value is -1.33. The van der Waals surface area contributed by atoms with E-state index in [-0.39, 0.29) is 25.3 Å². The topological polar surface area (TPSA) is 75.7 Å². The molecular formula is C17H27NO7Si. The Bertz CT molecular complexity index is 533. The van der Waals surface area contributed by atoms with Gasteiger partial charge in [0.05, 0.1) is 19.3 Å². The second-order valence-corrected chi connectivity index (χ2v) is 8.87. The van der Waals surface area contributed by atoms with Gasteiger partial charge in [0.2, 0.25) is 0 Å². The van der Waals surface area contributed by atoms with Crippen LogP contribution in [-0.2, 0) is 38.8 Å². The van der Waals surface area contributed by atoms with Crippen LogP contribution in [0.3, 0.4) is 0 Å². The molecule has 0 unspecified atom stereocenters. The molecule has 8 nitrogen and oxygen atoms in total. The molecule has 1 amide bonds. The summed E-state index contributed by atoms with van der Waals surface area (Å²) in [5.41, 5.74) is 1.11. The minimum atomic E-state index is -2.67. The summed E-state index contributed by atoms with van der Waals surface area (Å²) in [5.74, 6) is -0.213. The minimum Gasteiger partial charge on any atom is -0.377 e. The summed E-state index contributed by atoms with van der Waals surface area (Å²) in [6, 6.07) is 10.2. The second-order valence-electron chi connectivity index (χ2n) is 5.78. The Morgan fingerprint density at radius 2 is 1.85 bits per heavy atom. The molecule has 1 aromatic carbocycles. The van der Waals surface area contributed by atoms with Gasteiger partial charge in [-0.25, -0.2) is 9.90 Å². The highest BCUT2D eigenvalue weighted by Gasteiger charge is 2.37. The van der Waals surface area contributed by atoms with Crippen LogP contribution in [0.15, 0.2) is 30.3 Å². The summed E-state index contributed by atoms with van der Waals surface area (Å²) in [5, 5.41) is 1.37. The Balaban J connectivity index is 1.80. The van der Waals surface area contributed by atoms with Crippen LogP contribution in [0.25, 0.3) is 0 Å². The van der Waals surface area contributed by atoms with Crippen LogP contribution in [0, 0.1) is 0 Å². The molecule has 1 saturated heterocycles. The number of rotatable bonds is 11. The van der Waals surface area contributed by atoms with E-state index in [0.29, 0.717) is 25.7 Å². The molecule has 1 aliphatic heterocycles. The summed E-state index contributed by atoms with van der Waals surface area (Å²) in [6.07, 6.45) is 0.652. The van der Waals surface area contributed by atoms with Gasteiger partial charge in [0, 0.05) is 27.4 Å². The zero-order valence-corrected chi connectivity index (χ0v) is 16.5. The van der Waals surface area contributed by atoms with Crippen molar-refractivity contribution in [1.82, 2.24) is 5.06 Å². The van der Waals surface area contributed by atoms with Crippen molar-refractivity contribution in [2.75, 3.05) is 47.9 Å². The summed E-state index contributed by atoms with van der Waals surface area (Å²) in [7, 11) is 1.99. The minimum absolute atomic E-state index is 0.0122. The van der Waals surface area contributed by atoms with E-state index in [0.717, 1.165) is 5.56 Å². The van der Waals surface area contributed by atoms with E-state index in [2.05, 4.69) is 0 Å². The smallest absolute Gasteiger partial charge is 0.377 e. The molecular weight excluding hydrogens is 358 g/mol. The van der Waals surface area contributed by atoms with E-state index in [4.69, 9.17) is 27.6 Å². The van der Waals surface area contributed by atoms with E-state index in [9.17, 15) is 4.79 Å². The van der Waals surface area contributed by atoms with Crippen LogP contribution >= 0.6 is 0 Å². The molecule has 1 aromatic rings. The number of ether oxygens (including phenoxy) is 2. The molecule has 0 radical (unpaired) electrons. The van der Waals surface area contributed by atoms with Crippen molar-refractivity contribution in [1.29, 1.82) is 0 Å². The lowest BCUT2D eigenvalue weighted by atomic mass is 10.1. The number of carbonyl (C=O) groups excluding carboxylic acids is 1. The highest BCUT2D eigenvalue weighted by molar-refractivity contribution is 6.60. The largest absolute Gasteiger partial charge is 0.502 e. The highest BCUT2D eigenvalue weighted by atomic mass is 28.4. The van der Waals surface area contributed by atoms with Crippen molar-refractivity contribution >= 4 is 14.7 Å². The Labute approximate surface area is 155 Å². The maximum Gasteiger partial charge on any atom is 0.502 e. The van der Waals surface area contributed by atoms with Gasteiger partial charge in [0.15, 0.2) is 6.79 Å².